The van der Waals surface area contributed by atoms with Gasteiger partial charge in [-0.25, -0.2) is 15.0 Å². The van der Waals surface area contributed by atoms with Crippen molar-refractivity contribution < 1.29 is 33.3 Å². The minimum Gasteiger partial charge on any atom is -0.383 e. The highest BCUT2D eigenvalue weighted by molar-refractivity contribution is 5.84. The molecule has 2 aromatic carbocycles. The van der Waals surface area contributed by atoms with Crippen LogP contribution in [0.2, 0.25) is 0 Å². The van der Waals surface area contributed by atoms with Crippen molar-refractivity contribution in [2.75, 3.05) is 78.3 Å². The van der Waals surface area contributed by atoms with Crippen molar-refractivity contribution >= 4 is 28.8 Å². The zero-order valence-corrected chi connectivity index (χ0v) is 31.5. The Morgan fingerprint density at radius 2 is 1.46 bits per heavy atom. The largest absolute Gasteiger partial charge is 0.383 e. The number of fused-ring (bicyclic) bond motifs is 1. The van der Waals surface area contributed by atoms with Crippen LogP contribution in [0.4, 0.5) is 5.82 Å². The van der Waals surface area contributed by atoms with Gasteiger partial charge in [-0.05, 0) is 79.3 Å². The van der Waals surface area contributed by atoms with Crippen molar-refractivity contribution in [3.8, 4) is 28.3 Å². The molecule has 0 unspecified atom stereocenters. The molecule has 1 aliphatic carbocycles. The molecule has 1 fully saturated rings. The van der Waals surface area contributed by atoms with Crippen molar-refractivity contribution in [2.24, 2.45) is 11.5 Å². The summed E-state index contributed by atoms with van der Waals surface area (Å²) < 4.78 is 28.7. The van der Waals surface area contributed by atoms with Crippen LogP contribution in [-0.4, -0.2) is 104 Å². The Labute approximate surface area is 325 Å². The third-order valence-corrected chi connectivity index (χ3v) is 9.45. The molecule has 0 atom stereocenters. The molecule has 1 aliphatic rings. The van der Waals surface area contributed by atoms with E-state index in [1.165, 1.54) is 0 Å². The number of ether oxygens (including phenoxy) is 5. The number of aromatic nitrogens is 4. The van der Waals surface area contributed by atoms with Crippen molar-refractivity contribution in [1.82, 2.24) is 24.8 Å². The smallest absolute Gasteiger partial charge is 0.246 e. The number of nitrogens with one attached hydrogen (secondary N) is 1. The summed E-state index contributed by atoms with van der Waals surface area (Å²) in [6, 6.07) is 24.2. The molecular weight excluding hydrogens is 716 g/mol. The van der Waals surface area contributed by atoms with Crippen molar-refractivity contribution in [1.29, 1.82) is 0 Å². The fourth-order valence-electron chi connectivity index (χ4n) is 6.34. The number of benzene rings is 2. The van der Waals surface area contributed by atoms with Crippen LogP contribution in [0.1, 0.15) is 30.4 Å². The van der Waals surface area contributed by atoms with Gasteiger partial charge >= 0.3 is 0 Å². The normalized spacial score (nSPS) is 13.4. The third kappa shape index (κ3) is 10.9. The molecule has 56 heavy (non-hydrogen) atoms. The number of anilines is 1. The van der Waals surface area contributed by atoms with E-state index in [4.69, 9.17) is 50.9 Å². The molecule has 296 valence electrons. The summed E-state index contributed by atoms with van der Waals surface area (Å²) in [4.78, 5) is 37.4. The monoisotopic (exact) mass is 766 g/mol. The lowest BCUT2D eigenvalue weighted by atomic mass is 9.73. The highest BCUT2D eigenvalue weighted by Gasteiger charge is 2.34. The highest BCUT2D eigenvalue weighted by atomic mass is 16.6. The molecule has 7 N–H and O–H groups in total. The molecule has 2 amide bonds. The van der Waals surface area contributed by atoms with Crippen LogP contribution in [0.15, 0.2) is 79.0 Å². The van der Waals surface area contributed by atoms with Crippen LogP contribution in [0.5, 0.6) is 0 Å². The second-order valence-electron chi connectivity index (χ2n) is 13.5. The number of amides is 2. The summed E-state index contributed by atoms with van der Waals surface area (Å²) in [5.74, 6) is 0.333. The molecule has 15 nitrogen and oxygen atoms in total. The molecule has 0 aliphatic heterocycles. The van der Waals surface area contributed by atoms with Crippen LogP contribution >= 0.6 is 0 Å². The van der Waals surface area contributed by atoms with E-state index in [9.17, 15) is 9.59 Å². The number of nitrogens with zero attached hydrogens (tertiary/aromatic N) is 4. The maximum absolute atomic E-state index is 12.4. The van der Waals surface area contributed by atoms with E-state index in [0.717, 1.165) is 58.4 Å². The van der Waals surface area contributed by atoms with Crippen molar-refractivity contribution in [3.05, 3.63) is 90.1 Å². The molecule has 0 bridgehead atoms. The molecular formula is C41H50N8O7. The number of imidazole rings is 1. The minimum atomic E-state index is -0.512. The first-order chi connectivity index (χ1) is 27.3. The lowest BCUT2D eigenvalue weighted by molar-refractivity contribution is -0.126. The third-order valence-electron chi connectivity index (χ3n) is 9.45. The van der Waals surface area contributed by atoms with Gasteiger partial charge in [0.25, 0.3) is 0 Å². The van der Waals surface area contributed by atoms with E-state index in [1.54, 1.807) is 6.20 Å². The maximum Gasteiger partial charge on any atom is 0.246 e. The van der Waals surface area contributed by atoms with Gasteiger partial charge in [0.1, 0.15) is 24.5 Å². The van der Waals surface area contributed by atoms with Crippen LogP contribution in [0.25, 0.3) is 39.5 Å². The molecule has 0 saturated heterocycles. The number of carbonyl (C=O) groups is 2. The van der Waals surface area contributed by atoms with Gasteiger partial charge in [0, 0.05) is 29.5 Å². The second-order valence-corrected chi connectivity index (χ2v) is 13.5. The summed E-state index contributed by atoms with van der Waals surface area (Å²) in [7, 11) is 0. The first kappa shape index (κ1) is 40.4. The van der Waals surface area contributed by atoms with Gasteiger partial charge < -0.3 is 46.2 Å². The number of primary amides is 1. The average Bonchev–Trinajstić information content (AvgIpc) is 3.57. The van der Waals surface area contributed by atoms with Gasteiger partial charge in [0.05, 0.1) is 64.1 Å². The Balaban J connectivity index is 0.972. The minimum absolute atomic E-state index is 0.0550. The van der Waals surface area contributed by atoms with E-state index in [1.807, 2.05) is 47.0 Å². The highest BCUT2D eigenvalue weighted by Crippen LogP contribution is 2.39. The number of pyridine rings is 2. The van der Waals surface area contributed by atoms with Crippen molar-refractivity contribution in [3.63, 3.8) is 0 Å². The molecule has 15 heteroatoms. The molecule has 1 saturated carbocycles. The van der Waals surface area contributed by atoms with E-state index >= 15 is 0 Å². The zero-order valence-electron chi connectivity index (χ0n) is 31.5. The summed E-state index contributed by atoms with van der Waals surface area (Å²) in [5.41, 5.74) is 24.7. The predicted molar refractivity (Wildman–Crippen MR) is 212 cm³/mol. The Bertz CT molecular complexity index is 2050. The number of nitrogen functional groups attached to an aromatic ring is 1. The van der Waals surface area contributed by atoms with Crippen LogP contribution in [-0.2, 0) is 45.2 Å². The van der Waals surface area contributed by atoms with E-state index in [-0.39, 0.29) is 31.3 Å². The number of carbonyl (C=O) groups excluding carboxylic acids is 2. The van der Waals surface area contributed by atoms with E-state index in [2.05, 4.69) is 40.6 Å². The van der Waals surface area contributed by atoms with E-state index < -0.39 is 5.91 Å². The first-order valence-corrected chi connectivity index (χ1v) is 18.8. The molecule has 5 aromatic rings. The fraction of sp³-hybridized carbons (Fsp3) is 0.390. The topological polar surface area (TPSA) is 214 Å². The van der Waals surface area contributed by atoms with Gasteiger partial charge in [0.2, 0.25) is 11.8 Å². The van der Waals surface area contributed by atoms with Crippen LogP contribution < -0.4 is 22.5 Å². The second kappa shape index (κ2) is 20.0. The van der Waals surface area contributed by atoms with Gasteiger partial charge in [-0.15, -0.1) is 0 Å². The fourth-order valence-corrected chi connectivity index (χ4v) is 6.34. The Morgan fingerprint density at radius 3 is 2.11 bits per heavy atom. The first-order valence-electron chi connectivity index (χ1n) is 18.8. The standard InChI is InChI=1S/C41H50N8O7/c42-36(50)27-55-24-22-53-20-18-52-19-21-54-23-25-56-28-37(51)45-17-13-29-4-1-5-30(26-29)34-11-12-35-40(47-34)49(39(48-35)33-6-2-16-46-38(33)43)32-9-7-31(8-10-32)41(44)14-3-15-41/h1-2,4-12,16,26H,3,13-15,17-25,27-28,44H2,(H2,42,50)(H2,43,46)(H,45,51). The van der Waals surface area contributed by atoms with Crippen LogP contribution in [0, 0.1) is 0 Å². The van der Waals surface area contributed by atoms with Crippen LogP contribution in [0.3, 0.4) is 0 Å². The number of hydrogen-bond acceptors (Lipinski definition) is 12. The van der Waals surface area contributed by atoms with Gasteiger partial charge in [-0.1, -0.05) is 30.3 Å². The van der Waals surface area contributed by atoms with Gasteiger partial charge in [0.15, 0.2) is 11.5 Å². The lowest BCUT2D eigenvalue weighted by Gasteiger charge is -2.38. The molecule has 3 heterocycles. The summed E-state index contributed by atoms with van der Waals surface area (Å²) in [6.45, 7) is 3.19. The number of hydrogen-bond donors (Lipinski definition) is 4. The summed E-state index contributed by atoms with van der Waals surface area (Å²) >= 11 is 0. The lowest BCUT2D eigenvalue weighted by Crippen LogP contribution is -2.43. The zero-order chi connectivity index (χ0) is 39.2. The number of nitrogens with two attached hydrogens (primary N) is 3. The molecule has 6 rings (SSSR count). The van der Waals surface area contributed by atoms with E-state index in [0.29, 0.717) is 76.5 Å². The Morgan fingerprint density at radius 1 is 0.786 bits per heavy atom. The van der Waals surface area contributed by atoms with Gasteiger partial charge in [-0.3, -0.25) is 14.2 Å². The molecule has 3 aromatic heterocycles. The maximum atomic E-state index is 12.4. The van der Waals surface area contributed by atoms with Gasteiger partial charge in [-0.2, -0.15) is 0 Å². The summed E-state index contributed by atoms with van der Waals surface area (Å²) in [6.07, 6.45) is 5.41. The number of rotatable bonds is 23. The Kier molecular flexibility index (Phi) is 14.5. The average molecular weight is 767 g/mol. The summed E-state index contributed by atoms with van der Waals surface area (Å²) in [5, 5.41) is 2.92. The molecule has 0 radical (unpaired) electrons. The predicted octanol–water partition coefficient (Wildman–Crippen LogP) is 3.30. The van der Waals surface area contributed by atoms with Crippen molar-refractivity contribution in [2.45, 2.75) is 31.2 Å². The molecule has 0 spiro atoms. The SMILES string of the molecule is NC(=O)COCCOCCOCCOCCOCC(=O)NCCc1cccc(-c2ccc3nc(-c4cccnc4N)n(-c4ccc(C5(N)CCC5)cc4)c3n2)c1. The Hall–Kier alpha value is -5.29. The quantitative estimate of drug-likeness (QED) is 0.0706.